The molecule has 2 saturated carbocycles. The second kappa shape index (κ2) is 4.23. The molecule has 5 heteroatoms. The lowest BCUT2D eigenvalue weighted by Gasteiger charge is -2.40. The first kappa shape index (κ1) is 11.4. The van der Waals surface area contributed by atoms with Crippen LogP contribution in [0.3, 0.4) is 0 Å². The van der Waals surface area contributed by atoms with E-state index >= 15 is 0 Å². The van der Waals surface area contributed by atoms with E-state index in [2.05, 4.69) is 10.3 Å². The van der Waals surface area contributed by atoms with Crippen LogP contribution < -0.4 is 10.7 Å². The Kier molecular flexibility index (Phi) is 2.69. The quantitative estimate of drug-likeness (QED) is 0.834. The van der Waals surface area contributed by atoms with Crippen LogP contribution in [0, 0.1) is 17.7 Å². The summed E-state index contributed by atoms with van der Waals surface area (Å²) >= 11 is 0. The van der Waals surface area contributed by atoms with Gasteiger partial charge in [0.2, 0.25) is 5.43 Å². The second-order valence-corrected chi connectivity index (χ2v) is 5.22. The summed E-state index contributed by atoms with van der Waals surface area (Å²) in [6.45, 7) is 0. The average molecular weight is 250 g/mol. The van der Waals surface area contributed by atoms with Gasteiger partial charge in [0.1, 0.15) is 5.56 Å². The summed E-state index contributed by atoms with van der Waals surface area (Å²) in [5, 5.41) is 2.85. The average Bonchev–Trinajstić information content (AvgIpc) is 2.71. The molecule has 2 aliphatic rings. The van der Waals surface area contributed by atoms with Crippen molar-refractivity contribution in [3.8, 4) is 0 Å². The molecule has 3 unspecified atom stereocenters. The van der Waals surface area contributed by atoms with Gasteiger partial charge in [-0.2, -0.15) is 0 Å². The van der Waals surface area contributed by atoms with E-state index in [0.717, 1.165) is 25.0 Å². The first-order valence-electron chi connectivity index (χ1n) is 6.34. The number of rotatable bonds is 2. The molecule has 18 heavy (non-hydrogen) atoms. The van der Waals surface area contributed by atoms with Gasteiger partial charge in [-0.25, -0.2) is 4.39 Å². The van der Waals surface area contributed by atoms with E-state index in [0.29, 0.717) is 5.92 Å². The molecule has 3 rings (SSSR count). The van der Waals surface area contributed by atoms with E-state index < -0.39 is 17.2 Å². The molecule has 2 N–H and O–H groups in total. The Labute approximate surface area is 104 Å². The maximum absolute atomic E-state index is 13.1. The van der Waals surface area contributed by atoms with E-state index in [-0.39, 0.29) is 11.6 Å². The number of pyridine rings is 1. The summed E-state index contributed by atoms with van der Waals surface area (Å²) in [6, 6.07) is 0.160. The van der Waals surface area contributed by atoms with Gasteiger partial charge in [-0.3, -0.25) is 9.59 Å². The Bertz CT molecular complexity index is 540. The topological polar surface area (TPSA) is 62.0 Å². The van der Waals surface area contributed by atoms with Crippen LogP contribution in [0.15, 0.2) is 17.2 Å². The molecule has 1 aromatic heterocycles. The van der Waals surface area contributed by atoms with Gasteiger partial charge in [0.05, 0.1) is 0 Å². The van der Waals surface area contributed by atoms with Gasteiger partial charge in [0.15, 0.2) is 5.82 Å². The fourth-order valence-electron chi connectivity index (χ4n) is 3.23. The van der Waals surface area contributed by atoms with Gasteiger partial charge < -0.3 is 10.3 Å². The standard InChI is InChI=1S/C13H15FN2O2/c14-10-6-15-5-9(12(10)17)13(18)16-11-4-7-2-1-3-8(7)11/h5-8,11H,1-4H2,(H,15,17)(H,16,18). The molecule has 2 aliphatic carbocycles. The summed E-state index contributed by atoms with van der Waals surface area (Å²) in [6.07, 6.45) is 6.82. The predicted molar refractivity (Wildman–Crippen MR) is 63.7 cm³/mol. The lowest BCUT2D eigenvalue weighted by atomic mass is 9.71. The van der Waals surface area contributed by atoms with E-state index in [1.54, 1.807) is 0 Å². The number of carbonyl (C=O) groups is 1. The molecular formula is C13H15FN2O2. The molecule has 2 fully saturated rings. The zero-order valence-corrected chi connectivity index (χ0v) is 9.91. The summed E-state index contributed by atoms with van der Waals surface area (Å²) < 4.78 is 13.1. The lowest BCUT2D eigenvalue weighted by Crippen LogP contribution is -2.51. The van der Waals surface area contributed by atoms with Gasteiger partial charge >= 0.3 is 0 Å². The van der Waals surface area contributed by atoms with Crippen LogP contribution in [0.2, 0.25) is 0 Å². The Balaban J connectivity index is 1.72. The number of aromatic nitrogens is 1. The third-order valence-electron chi connectivity index (χ3n) is 4.25. The van der Waals surface area contributed by atoms with Crippen LogP contribution >= 0.6 is 0 Å². The molecule has 1 amide bonds. The van der Waals surface area contributed by atoms with Crippen LogP contribution in [-0.4, -0.2) is 16.9 Å². The highest BCUT2D eigenvalue weighted by Crippen LogP contribution is 2.46. The van der Waals surface area contributed by atoms with Crippen molar-refractivity contribution in [2.45, 2.75) is 31.7 Å². The molecule has 1 aromatic rings. The fraction of sp³-hybridized carbons (Fsp3) is 0.538. The summed E-state index contributed by atoms with van der Waals surface area (Å²) in [7, 11) is 0. The van der Waals surface area contributed by atoms with Crippen LogP contribution in [0.25, 0.3) is 0 Å². The number of carbonyl (C=O) groups excluding carboxylic acids is 1. The van der Waals surface area contributed by atoms with E-state index in [9.17, 15) is 14.0 Å². The number of hydrogen-bond donors (Lipinski definition) is 2. The highest BCUT2D eigenvalue weighted by molar-refractivity contribution is 5.94. The van der Waals surface area contributed by atoms with Crippen LogP contribution in [0.1, 0.15) is 36.0 Å². The van der Waals surface area contributed by atoms with E-state index in [1.165, 1.54) is 19.0 Å². The minimum atomic E-state index is -0.921. The van der Waals surface area contributed by atoms with Crippen LogP contribution in [0.5, 0.6) is 0 Å². The Morgan fingerprint density at radius 1 is 1.39 bits per heavy atom. The van der Waals surface area contributed by atoms with Gasteiger partial charge in [0, 0.05) is 18.4 Å². The van der Waals surface area contributed by atoms with Crippen molar-refractivity contribution >= 4 is 5.91 Å². The SMILES string of the molecule is O=C(NC1CC2CCCC21)c1c[nH]cc(F)c1=O. The normalized spacial score (nSPS) is 29.5. The predicted octanol–water partition coefficient (Wildman–Crippen LogP) is 1.43. The molecule has 3 atom stereocenters. The van der Waals surface area contributed by atoms with Crippen LogP contribution in [0.4, 0.5) is 4.39 Å². The summed E-state index contributed by atoms with van der Waals surface area (Å²) in [5.41, 5.74) is -0.981. The number of halogens is 1. The lowest BCUT2D eigenvalue weighted by molar-refractivity contribution is 0.0805. The zero-order chi connectivity index (χ0) is 12.7. The molecule has 4 nitrogen and oxygen atoms in total. The Hall–Kier alpha value is -1.65. The smallest absolute Gasteiger partial charge is 0.257 e. The number of aromatic amines is 1. The maximum Gasteiger partial charge on any atom is 0.257 e. The highest BCUT2D eigenvalue weighted by Gasteiger charge is 2.44. The first-order valence-corrected chi connectivity index (χ1v) is 6.34. The molecule has 1 heterocycles. The molecule has 0 aliphatic heterocycles. The highest BCUT2D eigenvalue weighted by atomic mass is 19.1. The molecule has 0 saturated heterocycles. The minimum absolute atomic E-state index is 0.142. The number of nitrogens with one attached hydrogen (secondary N) is 2. The van der Waals surface area contributed by atoms with Gasteiger partial charge in [-0.15, -0.1) is 0 Å². The van der Waals surface area contributed by atoms with Crippen molar-refractivity contribution in [1.82, 2.24) is 10.3 Å². The van der Waals surface area contributed by atoms with Gasteiger partial charge in [-0.05, 0) is 24.7 Å². The zero-order valence-electron chi connectivity index (χ0n) is 9.91. The monoisotopic (exact) mass is 250 g/mol. The number of fused-ring (bicyclic) bond motifs is 1. The van der Waals surface area contributed by atoms with E-state index in [1.807, 2.05) is 0 Å². The largest absolute Gasteiger partial charge is 0.364 e. The first-order chi connectivity index (χ1) is 8.66. The van der Waals surface area contributed by atoms with Gasteiger partial charge in [-0.1, -0.05) is 12.8 Å². The third kappa shape index (κ3) is 1.74. The molecular weight excluding hydrogens is 235 g/mol. The number of H-pyrrole nitrogens is 1. The second-order valence-electron chi connectivity index (χ2n) is 5.22. The van der Waals surface area contributed by atoms with Crippen molar-refractivity contribution in [2.75, 3.05) is 0 Å². The van der Waals surface area contributed by atoms with Crippen LogP contribution in [-0.2, 0) is 0 Å². The maximum atomic E-state index is 13.1. The Morgan fingerprint density at radius 2 is 2.22 bits per heavy atom. The van der Waals surface area contributed by atoms with Crippen molar-refractivity contribution < 1.29 is 9.18 Å². The molecule has 0 bridgehead atoms. The molecule has 96 valence electrons. The summed E-state index contributed by atoms with van der Waals surface area (Å²) in [4.78, 5) is 25.9. The van der Waals surface area contributed by atoms with Crippen molar-refractivity contribution in [2.24, 2.45) is 11.8 Å². The van der Waals surface area contributed by atoms with Crippen molar-refractivity contribution in [3.63, 3.8) is 0 Å². The molecule has 0 aromatic carbocycles. The van der Waals surface area contributed by atoms with Gasteiger partial charge in [0.25, 0.3) is 5.91 Å². The van der Waals surface area contributed by atoms with E-state index in [4.69, 9.17) is 0 Å². The van der Waals surface area contributed by atoms with Crippen molar-refractivity contribution in [1.29, 1.82) is 0 Å². The summed E-state index contributed by atoms with van der Waals surface area (Å²) in [5.74, 6) is -0.0937. The van der Waals surface area contributed by atoms with Crippen molar-refractivity contribution in [3.05, 3.63) is 34.0 Å². The Morgan fingerprint density at radius 3 is 3.00 bits per heavy atom. The minimum Gasteiger partial charge on any atom is -0.364 e. The molecule has 0 spiro atoms. The number of hydrogen-bond acceptors (Lipinski definition) is 2. The third-order valence-corrected chi connectivity index (χ3v) is 4.25. The fourth-order valence-corrected chi connectivity index (χ4v) is 3.23. The molecule has 0 radical (unpaired) electrons. The number of amides is 1.